The van der Waals surface area contributed by atoms with Gasteiger partial charge in [0, 0.05) is 5.69 Å². The van der Waals surface area contributed by atoms with E-state index in [2.05, 4.69) is 30.7 Å². The Kier molecular flexibility index (Phi) is 4.52. The van der Waals surface area contributed by atoms with Gasteiger partial charge in [-0.2, -0.15) is 0 Å². The second-order valence-electron chi connectivity index (χ2n) is 3.50. The fourth-order valence-corrected chi connectivity index (χ4v) is 1.53. The highest BCUT2D eigenvalue weighted by Gasteiger charge is 2.08. The number of anilines is 1. The highest BCUT2D eigenvalue weighted by molar-refractivity contribution is 7.80. The molecule has 82 valence electrons. The average Bonchev–Trinajstić information content (AvgIpc) is 2.28. The summed E-state index contributed by atoms with van der Waals surface area (Å²) in [6, 6.07) is 8.12. The van der Waals surface area contributed by atoms with Gasteiger partial charge in [0.25, 0.3) is 0 Å². The largest absolute Gasteiger partial charge is 0.331 e. The van der Waals surface area contributed by atoms with Crippen molar-refractivity contribution in [1.29, 1.82) is 0 Å². The van der Waals surface area contributed by atoms with E-state index in [1.807, 2.05) is 18.2 Å². The van der Waals surface area contributed by atoms with Gasteiger partial charge in [-0.25, -0.2) is 5.84 Å². The Morgan fingerprint density at radius 3 is 2.73 bits per heavy atom. The first-order chi connectivity index (χ1) is 7.19. The molecule has 1 aromatic rings. The van der Waals surface area contributed by atoms with Crippen LogP contribution >= 0.6 is 12.2 Å². The molecule has 4 N–H and O–H groups in total. The molecule has 4 heteroatoms. The quantitative estimate of drug-likeness (QED) is 0.418. The average molecular weight is 223 g/mol. The number of para-hydroxylation sites is 1. The van der Waals surface area contributed by atoms with Gasteiger partial charge in [0.15, 0.2) is 5.11 Å². The molecule has 1 rings (SSSR count). The number of benzene rings is 1. The van der Waals surface area contributed by atoms with Gasteiger partial charge >= 0.3 is 0 Å². The molecule has 0 aliphatic carbocycles. The van der Waals surface area contributed by atoms with Crippen LogP contribution in [0.2, 0.25) is 0 Å². The summed E-state index contributed by atoms with van der Waals surface area (Å²) in [4.78, 5) is 0. The van der Waals surface area contributed by atoms with Gasteiger partial charge in [0.05, 0.1) is 0 Å². The molecule has 0 saturated carbocycles. The second-order valence-corrected chi connectivity index (χ2v) is 3.90. The molecule has 0 bridgehead atoms. The molecule has 0 radical (unpaired) electrons. The molecule has 3 nitrogen and oxygen atoms in total. The van der Waals surface area contributed by atoms with Crippen molar-refractivity contribution in [2.45, 2.75) is 26.2 Å². The number of hydrazine groups is 1. The summed E-state index contributed by atoms with van der Waals surface area (Å²) in [5.41, 5.74) is 4.70. The number of hydrogen-bond acceptors (Lipinski definition) is 2. The summed E-state index contributed by atoms with van der Waals surface area (Å²) in [5.74, 6) is 5.73. The Morgan fingerprint density at radius 2 is 2.13 bits per heavy atom. The number of thiocarbonyl (C=S) groups is 1. The normalized spacial score (nSPS) is 11.9. The van der Waals surface area contributed by atoms with Gasteiger partial charge in [-0.05, 0) is 36.2 Å². The topological polar surface area (TPSA) is 50.1 Å². The fraction of sp³-hybridized carbons (Fsp3) is 0.364. The SMILES string of the molecule is CCC(C)c1ccccc1NC(=S)NN. The third kappa shape index (κ3) is 3.18. The molecule has 0 saturated heterocycles. The van der Waals surface area contributed by atoms with E-state index in [0.717, 1.165) is 12.1 Å². The lowest BCUT2D eigenvalue weighted by molar-refractivity contribution is 0.735. The van der Waals surface area contributed by atoms with Crippen LogP contribution in [0, 0.1) is 0 Å². The maximum Gasteiger partial charge on any atom is 0.185 e. The van der Waals surface area contributed by atoms with Gasteiger partial charge in [-0.3, -0.25) is 0 Å². The second kappa shape index (κ2) is 5.68. The van der Waals surface area contributed by atoms with Gasteiger partial charge in [0.1, 0.15) is 0 Å². The summed E-state index contributed by atoms with van der Waals surface area (Å²) < 4.78 is 0. The number of rotatable bonds is 3. The lowest BCUT2D eigenvalue weighted by atomic mass is 9.97. The van der Waals surface area contributed by atoms with Gasteiger partial charge in [-0.1, -0.05) is 32.0 Å². The van der Waals surface area contributed by atoms with Crippen molar-refractivity contribution in [1.82, 2.24) is 5.43 Å². The Hall–Kier alpha value is -1.13. The first kappa shape index (κ1) is 11.9. The van der Waals surface area contributed by atoms with E-state index in [1.165, 1.54) is 5.56 Å². The molecule has 0 fully saturated rings. The monoisotopic (exact) mass is 223 g/mol. The summed E-state index contributed by atoms with van der Waals surface area (Å²) in [6.45, 7) is 4.36. The van der Waals surface area contributed by atoms with Crippen molar-refractivity contribution >= 4 is 23.0 Å². The highest BCUT2D eigenvalue weighted by atomic mass is 32.1. The minimum atomic E-state index is 0.436. The van der Waals surface area contributed by atoms with Crippen LogP contribution in [0.1, 0.15) is 31.7 Å². The van der Waals surface area contributed by atoms with Crippen molar-refractivity contribution in [3.8, 4) is 0 Å². The van der Waals surface area contributed by atoms with E-state index in [1.54, 1.807) is 0 Å². The molecule has 1 unspecified atom stereocenters. The van der Waals surface area contributed by atoms with Crippen LogP contribution in [-0.2, 0) is 0 Å². The van der Waals surface area contributed by atoms with Crippen LogP contribution in [0.5, 0.6) is 0 Å². The van der Waals surface area contributed by atoms with Gasteiger partial charge < -0.3 is 10.7 Å². The third-order valence-electron chi connectivity index (χ3n) is 2.48. The molecule has 0 aromatic heterocycles. The summed E-state index contributed by atoms with van der Waals surface area (Å²) in [7, 11) is 0. The van der Waals surface area contributed by atoms with Crippen LogP contribution in [0.25, 0.3) is 0 Å². The fourth-order valence-electron chi connectivity index (χ4n) is 1.42. The van der Waals surface area contributed by atoms with E-state index < -0.39 is 0 Å². The zero-order chi connectivity index (χ0) is 11.3. The van der Waals surface area contributed by atoms with Gasteiger partial charge in [0.2, 0.25) is 0 Å². The van der Waals surface area contributed by atoms with E-state index in [4.69, 9.17) is 18.1 Å². The van der Waals surface area contributed by atoms with E-state index in [9.17, 15) is 0 Å². The summed E-state index contributed by atoms with van der Waals surface area (Å²) in [6.07, 6.45) is 1.10. The molecule has 0 aliphatic heterocycles. The Labute approximate surface area is 96.0 Å². The zero-order valence-corrected chi connectivity index (χ0v) is 9.90. The molecule has 15 heavy (non-hydrogen) atoms. The molecule has 0 amide bonds. The summed E-state index contributed by atoms with van der Waals surface area (Å²) in [5, 5.41) is 3.51. The van der Waals surface area contributed by atoms with Crippen LogP contribution in [0.3, 0.4) is 0 Å². The number of hydrogen-bond donors (Lipinski definition) is 3. The van der Waals surface area contributed by atoms with Crippen molar-refractivity contribution in [3.63, 3.8) is 0 Å². The molecule has 1 atom stereocenters. The van der Waals surface area contributed by atoms with E-state index >= 15 is 0 Å². The Morgan fingerprint density at radius 1 is 1.47 bits per heavy atom. The maximum atomic E-state index is 5.22. The molecular weight excluding hydrogens is 206 g/mol. The Balaban J connectivity index is 2.91. The smallest absolute Gasteiger partial charge is 0.185 e. The predicted octanol–water partition coefficient (Wildman–Crippen LogP) is 2.36. The lowest BCUT2D eigenvalue weighted by Gasteiger charge is -2.16. The van der Waals surface area contributed by atoms with Crippen LogP contribution in [0.4, 0.5) is 5.69 Å². The van der Waals surface area contributed by atoms with Crippen LogP contribution < -0.4 is 16.6 Å². The molecule has 0 heterocycles. The zero-order valence-electron chi connectivity index (χ0n) is 9.08. The molecule has 0 spiro atoms. The molecule has 1 aromatic carbocycles. The van der Waals surface area contributed by atoms with Crippen LogP contribution in [0.15, 0.2) is 24.3 Å². The number of nitrogens with one attached hydrogen (secondary N) is 2. The van der Waals surface area contributed by atoms with Crippen LogP contribution in [-0.4, -0.2) is 5.11 Å². The highest BCUT2D eigenvalue weighted by Crippen LogP contribution is 2.26. The first-order valence-corrected chi connectivity index (χ1v) is 5.46. The molecular formula is C11H17N3S. The first-order valence-electron chi connectivity index (χ1n) is 5.05. The minimum absolute atomic E-state index is 0.436. The Bertz CT molecular complexity index is 338. The van der Waals surface area contributed by atoms with E-state index in [0.29, 0.717) is 11.0 Å². The van der Waals surface area contributed by atoms with Crippen molar-refractivity contribution in [2.24, 2.45) is 5.84 Å². The molecule has 0 aliphatic rings. The maximum absolute atomic E-state index is 5.22. The standard InChI is InChI=1S/C11H17N3S/c1-3-8(2)9-6-4-5-7-10(9)13-11(15)14-12/h4-8H,3,12H2,1-2H3,(H2,13,14,15). The van der Waals surface area contributed by atoms with Crippen molar-refractivity contribution in [3.05, 3.63) is 29.8 Å². The lowest BCUT2D eigenvalue weighted by Crippen LogP contribution is -2.34. The summed E-state index contributed by atoms with van der Waals surface area (Å²) >= 11 is 4.97. The minimum Gasteiger partial charge on any atom is -0.331 e. The van der Waals surface area contributed by atoms with Crippen molar-refractivity contribution < 1.29 is 0 Å². The van der Waals surface area contributed by atoms with Crippen molar-refractivity contribution in [2.75, 3.05) is 5.32 Å². The number of nitrogens with two attached hydrogens (primary N) is 1. The van der Waals surface area contributed by atoms with Gasteiger partial charge in [-0.15, -0.1) is 0 Å². The third-order valence-corrected chi connectivity index (χ3v) is 2.70. The predicted molar refractivity (Wildman–Crippen MR) is 68.7 cm³/mol. The van der Waals surface area contributed by atoms with E-state index in [-0.39, 0.29) is 0 Å².